The summed E-state index contributed by atoms with van der Waals surface area (Å²) in [6.07, 6.45) is 0. The smallest absolute Gasteiger partial charge is 0.191 e. The quantitative estimate of drug-likeness (QED) is 0.600. The van der Waals surface area contributed by atoms with Crippen LogP contribution in [0.3, 0.4) is 0 Å². The van der Waals surface area contributed by atoms with Gasteiger partial charge in [-0.25, -0.2) is 0 Å². The Hall–Kier alpha value is -2.54. The van der Waals surface area contributed by atoms with E-state index >= 15 is 0 Å². The van der Waals surface area contributed by atoms with Gasteiger partial charge >= 0.3 is 0 Å². The molecule has 1 aliphatic heterocycles. The van der Waals surface area contributed by atoms with Crippen molar-refractivity contribution in [2.75, 3.05) is 38.3 Å². The third kappa shape index (κ3) is 5.47. The van der Waals surface area contributed by atoms with E-state index in [-0.39, 0.29) is 0 Å². The molecule has 0 saturated carbocycles. The molecule has 2 N–H and O–H groups in total. The molecule has 146 valence electrons. The van der Waals surface area contributed by atoms with Crippen LogP contribution >= 0.6 is 0 Å². The van der Waals surface area contributed by atoms with Crippen LogP contribution < -0.4 is 15.5 Å². The maximum absolute atomic E-state index is 5.41. The molecule has 0 spiro atoms. The monoisotopic (exact) mass is 371 g/mol. The molecule has 0 unspecified atom stereocenters. The number of nitrogens with one attached hydrogen (secondary N) is 2. The number of nitrogens with zero attached hydrogens (tertiary/aromatic N) is 3. The molecular formula is C20H29N5O2. The van der Waals surface area contributed by atoms with E-state index in [1.807, 2.05) is 6.07 Å². The number of anilines is 1. The van der Waals surface area contributed by atoms with E-state index in [4.69, 9.17) is 9.26 Å². The number of ether oxygens (including phenoxy) is 1. The Morgan fingerprint density at radius 3 is 2.48 bits per heavy atom. The number of guanidine groups is 1. The lowest BCUT2D eigenvalue weighted by molar-refractivity contribution is 0.122. The van der Waals surface area contributed by atoms with Crippen LogP contribution in [0.4, 0.5) is 5.69 Å². The number of benzene rings is 1. The minimum absolute atomic E-state index is 0.361. The van der Waals surface area contributed by atoms with Crippen molar-refractivity contribution in [3.63, 3.8) is 0 Å². The molecular weight excluding hydrogens is 342 g/mol. The minimum Gasteiger partial charge on any atom is -0.378 e. The highest BCUT2D eigenvalue weighted by Gasteiger charge is 2.11. The van der Waals surface area contributed by atoms with Crippen molar-refractivity contribution in [2.24, 2.45) is 4.99 Å². The standard InChI is InChI=1S/C20H29N5O2/c1-15(2)19-12-18(27-24-19)14-23-20(21-3)22-13-16-4-6-17(7-5-16)25-8-10-26-11-9-25/h4-7,12,15H,8-11,13-14H2,1-3H3,(H2,21,22,23). The van der Waals surface area contributed by atoms with E-state index in [9.17, 15) is 0 Å². The van der Waals surface area contributed by atoms with Crippen LogP contribution in [-0.2, 0) is 17.8 Å². The molecule has 1 aromatic carbocycles. The summed E-state index contributed by atoms with van der Waals surface area (Å²) >= 11 is 0. The number of aromatic nitrogens is 1. The highest BCUT2D eigenvalue weighted by atomic mass is 16.5. The van der Waals surface area contributed by atoms with Gasteiger partial charge in [-0.2, -0.15) is 0 Å². The van der Waals surface area contributed by atoms with Gasteiger partial charge in [-0.1, -0.05) is 31.1 Å². The van der Waals surface area contributed by atoms with Crippen molar-refractivity contribution in [1.29, 1.82) is 0 Å². The first-order chi connectivity index (χ1) is 13.2. The predicted octanol–water partition coefficient (Wildman–Crippen LogP) is 2.50. The Labute approximate surface area is 160 Å². The van der Waals surface area contributed by atoms with Gasteiger partial charge < -0.3 is 24.8 Å². The topological polar surface area (TPSA) is 74.9 Å². The van der Waals surface area contributed by atoms with Gasteiger partial charge in [0.05, 0.1) is 25.5 Å². The molecule has 1 saturated heterocycles. The van der Waals surface area contributed by atoms with Gasteiger partial charge in [0.15, 0.2) is 11.7 Å². The summed E-state index contributed by atoms with van der Waals surface area (Å²) in [5, 5.41) is 10.7. The first kappa shape index (κ1) is 19.2. The van der Waals surface area contributed by atoms with E-state index < -0.39 is 0 Å². The lowest BCUT2D eigenvalue weighted by Gasteiger charge is -2.28. The van der Waals surface area contributed by atoms with Gasteiger partial charge in [0.1, 0.15) is 0 Å². The largest absolute Gasteiger partial charge is 0.378 e. The third-order valence-electron chi connectivity index (χ3n) is 4.59. The third-order valence-corrected chi connectivity index (χ3v) is 4.59. The fourth-order valence-electron chi connectivity index (χ4n) is 2.91. The lowest BCUT2D eigenvalue weighted by atomic mass is 10.1. The van der Waals surface area contributed by atoms with E-state index in [2.05, 4.69) is 63.8 Å². The predicted molar refractivity (Wildman–Crippen MR) is 107 cm³/mol. The zero-order chi connectivity index (χ0) is 19.1. The van der Waals surface area contributed by atoms with E-state index in [0.29, 0.717) is 19.0 Å². The summed E-state index contributed by atoms with van der Waals surface area (Å²) in [4.78, 5) is 6.61. The summed E-state index contributed by atoms with van der Waals surface area (Å²) < 4.78 is 10.8. The van der Waals surface area contributed by atoms with Crippen molar-refractivity contribution in [3.8, 4) is 0 Å². The molecule has 0 radical (unpaired) electrons. The molecule has 1 aliphatic rings. The van der Waals surface area contributed by atoms with E-state index in [1.54, 1.807) is 7.05 Å². The molecule has 2 aromatic rings. The van der Waals surface area contributed by atoms with E-state index in [0.717, 1.165) is 43.7 Å². The molecule has 3 rings (SSSR count). The van der Waals surface area contributed by atoms with Gasteiger partial charge in [-0.3, -0.25) is 4.99 Å². The summed E-state index contributed by atoms with van der Waals surface area (Å²) in [6.45, 7) is 8.96. The average molecular weight is 371 g/mol. The van der Waals surface area contributed by atoms with Crippen molar-refractivity contribution in [3.05, 3.63) is 47.3 Å². The van der Waals surface area contributed by atoms with Crippen LogP contribution in [-0.4, -0.2) is 44.5 Å². The summed E-state index contributed by atoms with van der Waals surface area (Å²) in [7, 11) is 1.76. The fraction of sp³-hybridized carbons (Fsp3) is 0.500. The molecule has 0 amide bonds. The highest BCUT2D eigenvalue weighted by Crippen LogP contribution is 2.16. The van der Waals surface area contributed by atoms with Crippen LogP contribution in [0.2, 0.25) is 0 Å². The molecule has 0 aliphatic carbocycles. The van der Waals surface area contributed by atoms with Crippen molar-refractivity contribution in [2.45, 2.75) is 32.9 Å². The fourth-order valence-corrected chi connectivity index (χ4v) is 2.91. The zero-order valence-corrected chi connectivity index (χ0v) is 16.4. The molecule has 7 heteroatoms. The van der Waals surface area contributed by atoms with Gasteiger partial charge in [0, 0.05) is 38.4 Å². The van der Waals surface area contributed by atoms with Crippen molar-refractivity contribution in [1.82, 2.24) is 15.8 Å². The normalized spacial score (nSPS) is 15.3. The number of hydrogen-bond acceptors (Lipinski definition) is 5. The molecule has 27 heavy (non-hydrogen) atoms. The molecule has 0 atom stereocenters. The minimum atomic E-state index is 0.361. The second kappa shape index (κ2) is 9.41. The first-order valence-corrected chi connectivity index (χ1v) is 9.47. The SMILES string of the molecule is CN=C(NCc1ccc(N2CCOCC2)cc1)NCc1cc(C(C)C)no1. The molecule has 1 fully saturated rings. The van der Waals surface area contributed by atoms with Crippen LogP contribution in [0.15, 0.2) is 39.8 Å². The first-order valence-electron chi connectivity index (χ1n) is 9.47. The summed E-state index contributed by atoms with van der Waals surface area (Å²) in [5.41, 5.74) is 3.42. The Bertz CT molecular complexity index is 733. The second-order valence-electron chi connectivity index (χ2n) is 6.92. The molecule has 0 bridgehead atoms. The van der Waals surface area contributed by atoms with E-state index in [1.165, 1.54) is 11.3 Å². The molecule has 1 aromatic heterocycles. The van der Waals surface area contributed by atoms with Crippen LogP contribution in [0, 0.1) is 0 Å². The molecule has 2 heterocycles. The zero-order valence-electron chi connectivity index (χ0n) is 16.4. The Morgan fingerprint density at radius 1 is 1.15 bits per heavy atom. The lowest BCUT2D eigenvalue weighted by Crippen LogP contribution is -2.36. The summed E-state index contributed by atoms with van der Waals surface area (Å²) in [6, 6.07) is 10.6. The van der Waals surface area contributed by atoms with Gasteiger partial charge in [-0.15, -0.1) is 0 Å². The highest BCUT2D eigenvalue weighted by molar-refractivity contribution is 5.79. The van der Waals surface area contributed by atoms with Crippen LogP contribution in [0.25, 0.3) is 0 Å². The van der Waals surface area contributed by atoms with Gasteiger partial charge in [-0.05, 0) is 23.6 Å². The van der Waals surface area contributed by atoms with Gasteiger partial charge in [0.25, 0.3) is 0 Å². The Balaban J connectivity index is 1.47. The maximum atomic E-state index is 5.41. The number of hydrogen-bond donors (Lipinski definition) is 2. The van der Waals surface area contributed by atoms with Gasteiger partial charge in [0.2, 0.25) is 0 Å². The van der Waals surface area contributed by atoms with Crippen LogP contribution in [0.1, 0.15) is 36.8 Å². The molecule has 7 nitrogen and oxygen atoms in total. The number of rotatable bonds is 6. The second-order valence-corrected chi connectivity index (χ2v) is 6.92. The average Bonchev–Trinajstić information content (AvgIpc) is 3.19. The Kier molecular flexibility index (Phi) is 6.70. The number of morpholine rings is 1. The Morgan fingerprint density at radius 2 is 1.85 bits per heavy atom. The summed E-state index contributed by atoms with van der Waals surface area (Å²) in [5.74, 6) is 1.90. The number of aliphatic imine (C=N–C) groups is 1. The maximum Gasteiger partial charge on any atom is 0.191 e. The van der Waals surface area contributed by atoms with Crippen molar-refractivity contribution >= 4 is 11.6 Å². The van der Waals surface area contributed by atoms with Crippen LogP contribution in [0.5, 0.6) is 0 Å². The van der Waals surface area contributed by atoms with Crippen molar-refractivity contribution < 1.29 is 9.26 Å².